The molecule has 32 heavy (non-hydrogen) atoms. The van der Waals surface area contributed by atoms with E-state index in [1.54, 1.807) is 19.5 Å². The number of aliphatic hydroxyl groups is 2. The van der Waals surface area contributed by atoms with Gasteiger partial charge >= 0.3 is 0 Å². The fourth-order valence-corrected chi connectivity index (χ4v) is 5.70. The molecule has 5 rings (SSSR count). The zero-order valence-corrected chi connectivity index (χ0v) is 19.6. The van der Waals surface area contributed by atoms with Crippen LogP contribution in [0.1, 0.15) is 29.0 Å². The minimum Gasteiger partial charge on any atom is -0.495 e. The van der Waals surface area contributed by atoms with Gasteiger partial charge < -0.3 is 25.4 Å². The van der Waals surface area contributed by atoms with Gasteiger partial charge in [-0.1, -0.05) is 58.4 Å². The number of halogens is 1. The summed E-state index contributed by atoms with van der Waals surface area (Å²) < 4.78 is 13.3. The molecule has 168 valence electrons. The first-order valence-electron chi connectivity index (χ1n) is 10.5. The van der Waals surface area contributed by atoms with E-state index in [2.05, 4.69) is 33.0 Å². The standard InChI is InChI=1S/C24H23BrN2O3.CH4O/c1-29-20-13-27-14-21-22(20)23(28)17(12-26)11-19(15-5-3-2-4-6-15)24(23,30-21)16-7-9-18(25)10-8-16;1-2/h2-10,13-14,17,19,28H,11-12,26H2,1H3;2H,1H3. The summed E-state index contributed by atoms with van der Waals surface area (Å²) in [4.78, 5) is 4.27. The molecule has 2 aliphatic rings. The van der Waals surface area contributed by atoms with Crippen molar-refractivity contribution in [2.45, 2.75) is 23.5 Å². The van der Waals surface area contributed by atoms with Gasteiger partial charge in [-0.3, -0.25) is 4.98 Å². The van der Waals surface area contributed by atoms with Gasteiger partial charge in [0.1, 0.15) is 17.1 Å². The predicted octanol–water partition coefficient (Wildman–Crippen LogP) is 3.70. The molecular formula is C25H27BrN2O4. The van der Waals surface area contributed by atoms with Gasteiger partial charge in [-0.25, -0.2) is 0 Å². The molecule has 4 atom stereocenters. The third-order valence-electron chi connectivity index (χ3n) is 6.68. The van der Waals surface area contributed by atoms with E-state index in [1.165, 1.54) is 0 Å². The first-order chi connectivity index (χ1) is 15.6. The Morgan fingerprint density at radius 2 is 1.81 bits per heavy atom. The van der Waals surface area contributed by atoms with Crippen LogP contribution in [0.15, 0.2) is 71.5 Å². The number of rotatable bonds is 4. The average molecular weight is 499 g/mol. The molecule has 0 radical (unpaired) electrons. The second-order valence-electron chi connectivity index (χ2n) is 7.96. The van der Waals surface area contributed by atoms with Crippen LogP contribution in [0.2, 0.25) is 0 Å². The molecule has 0 saturated heterocycles. The molecule has 2 aromatic carbocycles. The van der Waals surface area contributed by atoms with Gasteiger partial charge in [-0.15, -0.1) is 0 Å². The average Bonchev–Trinajstić information content (AvgIpc) is 3.26. The fourth-order valence-electron chi connectivity index (χ4n) is 5.43. The maximum Gasteiger partial charge on any atom is 0.174 e. The largest absolute Gasteiger partial charge is 0.495 e. The van der Waals surface area contributed by atoms with Crippen molar-refractivity contribution in [1.29, 1.82) is 0 Å². The summed E-state index contributed by atoms with van der Waals surface area (Å²) in [5.74, 6) is 0.736. The molecule has 0 bridgehead atoms. The molecule has 1 aromatic heterocycles. The number of methoxy groups -OCH3 is 1. The van der Waals surface area contributed by atoms with E-state index in [4.69, 9.17) is 20.3 Å². The molecule has 6 nitrogen and oxygen atoms in total. The highest BCUT2D eigenvalue weighted by molar-refractivity contribution is 9.10. The second kappa shape index (κ2) is 8.83. The molecule has 1 aliphatic carbocycles. The van der Waals surface area contributed by atoms with Crippen LogP contribution in [0.5, 0.6) is 11.5 Å². The van der Waals surface area contributed by atoms with Crippen LogP contribution in [0.4, 0.5) is 0 Å². The van der Waals surface area contributed by atoms with Crippen LogP contribution in [0, 0.1) is 5.92 Å². The van der Waals surface area contributed by atoms with Crippen LogP contribution < -0.4 is 15.2 Å². The summed E-state index contributed by atoms with van der Waals surface area (Å²) in [5, 5.41) is 19.5. The Hall–Kier alpha value is -2.45. The number of benzene rings is 2. The number of hydrogen-bond acceptors (Lipinski definition) is 6. The van der Waals surface area contributed by atoms with Crippen LogP contribution in [-0.2, 0) is 11.2 Å². The lowest BCUT2D eigenvalue weighted by atomic mass is 9.70. The molecule has 0 spiro atoms. The summed E-state index contributed by atoms with van der Waals surface area (Å²) in [6.07, 6.45) is 3.98. The Morgan fingerprint density at radius 1 is 1.12 bits per heavy atom. The highest BCUT2D eigenvalue weighted by atomic mass is 79.9. The summed E-state index contributed by atoms with van der Waals surface area (Å²) >= 11 is 3.52. The number of aromatic nitrogens is 1. The zero-order valence-electron chi connectivity index (χ0n) is 18.0. The topological polar surface area (TPSA) is 97.8 Å². The normalized spacial score (nSPS) is 27.6. The van der Waals surface area contributed by atoms with Crippen molar-refractivity contribution in [1.82, 2.24) is 4.98 Å². The number of aliphatic hydroxyl groups excluding tert-OH is 1. The van der Waals surface area contributed by atoms with Gasteiger partial charge in [0.15, 0.2) is 5.60 Å². The summed E-state index contributed by atoms with van der Waals surface area (Å²) in [7, 11) is 2.58. The molecule has 0 amide bonds. The predicted molar refractivity (Wildman–Crippen MR) is 126 cm³/mol. The minimum atomic E-state index is -1.36. The Labute approximate surface area is 196 Å². The first-order valence-corrected chi connectivity index (χ1v) is 11.2. The van der Waals surface area contributed by atoms with E-state index in [-0.39, 0.29) is 11.8 Å². The second-order valence-corrected chi connectivity index (χ2v) is 8.87. The molecule has 1 saturated carbocycles. The number of ether oxygens (including phenoxy) is 2. The molecule has 3 aromatic rings. The van der Waals surface area contributed by atoms with Gasteiger partial charge in [0.2, 0.25) is 0 Å². The monoisotopic (exact) mass is 498 g/mol. The Balaban J connectivity index is 0.00000119. The first kappa shape index (κ1) is 22.7. The van der Waals surface area contributed by atoms with Gasteiger partial charge in [-0.05, 0) is 36.2 Å². The number of fused-ring (bicyclic) bond motifs is 3. The molecule has 4 unspecified atom stereocenters. The minimum absolute atomic E-state index is 0.101. The number of hydrogen-bond donors (Lipinski definition) is 3. The molecule has 2 heterocycles. The van der Waals surface area contributed by atoms with Crippen molar-refractivity contribution >= 4 is 15.9 Å². The van der Waals surface area contributed by atoms with Crippen LogP contribution in [0.25, 0.3) is 0 Å². The van der Waals surface area contributed by atoms with Crippen molar-refractivity contribution in [3.8, 4) is 11.5 Å². The number of nitrogens with two attached hydrogens (primary N) is 1. The van der Waals surface area contributed by atoms with Gasteiger partial charge in [0.25, 0.3) is 0 Å². The van der Waals surface area contributed by atoms with Crippen molar-refractivity contribution < 1.29 is 19.7 Å². The summed E-state index contributed by atoms with van der Waals surface area (Å²) in [6, 6.07) is 18.2. The maximum atomic E-state index is 12.5. The van der Waals surface area contributed by atoms with Crippen LogP contribution >= 0.6 is 15.9 Å². The Morgan fingerprint density at radius 3 is 2.44 bits per heavy atom. The van der Waals surface area contributed by atoms with Gasteiger partial charge in [0.05, 0.1) is 25.1 Å². The molecule has 1 fully saturated rings. The smallest absolute Gasteiger partial charge is 0.174 e. The highest BCUT2D eigenvalue weighted by Gasteiger charge is 2.73. The third kappa shape index (κ3) is 3.07. The Bertz CT molecular complexity index is 1080. The van der Waals surface area contributed by atoms with Gasteiger partial charge in [-0.2, -0.15) is 0 Å². The SMILES string of the molecule is CO.COc1cncc2c1C1(O)C(CN)CC(c3ccccc3)C1(c1ccc(Br)cc1)O2. The lowest BCUT2D eigenvalue weighted by Gasteiger charge is -2.41. The molecule has 1 aliphatic heterocycles. The maximum absolute atomic E-state index is 12.5. The summed E-state index contributed by atoms with van der Waals surface area (Å²) in [5.41, 5.74) is 6.48. The van der Waals surface area contributed by atoms with Crippen LogP contribution in [0.3, 0.4) is 0 Å². The summed E-state index contributed by atoms with van der Waals surface area (Å²) in [6.45, 7) is 0.326. The molecule has 7 heteroatoms. The van der Waals surface area contributed by atoms with E-state index >= 15 is 0 Å². The molecular weight excluding hydrogens is 472 g/mol. The van der Waals surface area contributed by atoms with E-state index in [0.717, 1.165) is 22.7 Å². The number of nitrogens with zero attached hydrogens (tertiary/aromatic N) is 1. The van der Waals surface area contributed by atoms with Crippen LogP contribution in [-0.4, -0.2) is 36.0 Å². The van der Waals surface area contributed by atoms with Crippen molar-refractivity contribution in [2.75, 3.05) is 20.8 Å². The van der Waals surface area contributed by atoms with Gasteiger partial charge in [0, 0.05) is 23.4 Å². The zero-order chi connectivity index (χ0) is 22.9. The lowest BCUT2D eigenvalue weighted by Crippen LogP contribution is -2.51. The van der Waals surface area contributed by atoms with Crippen molar-refractivity contribution in [3.63, 3.8) is 0 Å². The lowest BCUT2D eigenvalue weighted by molar-refractivity contribution is -0.126. The van der Waals surface area contributed by atoms with E-state index in [1.807, 2.05) is 42.5 Å². The van der Waals surface area contributed by atoms with Crippen molar-refractivity contribution in [3.05, 3.63) is 88.2 Å². The fraction of sp³-hybridized carbons (Fsp3) is 0.320. The van der Waals surface area contributed by atoms with E-state index in [0.29, 0.717) is 30.0 Å². The third-order valence-corrected chi connectivity index (χ3v) is 7.20. The number of pyridine rings is 1. The highest BCUT2D eigenvalue weighted by Crippen LogP contribution is 2.69. The van der Waals surface area contributed by atoms with E-state index < -0.39 is 11.2 Å². The quantitative estimate of drug-likeness (QED) is 0.507. The molecule has 4 N–H and O–H groups in total. The van der Waals surface area contributed by atoms with Crippen molar-refractivity contribution in [2.24, 2.45) is 11.7 Å². The Kier molecular flexibility index (Phi) is 6.27. The van der Waals surface area contributed by atoms with E-state index in [9.17, 15) is 5.11 Å².